The number of carbonyl (C=O) groups is 1. The number of alkyl halides is 2. The molecule has 0 aliphatic rings. The van der Waals surface area contributed by atoms with Crippen molar-refractivity contribution in [2.45, 2.75) is 6.43 Å². The molecule has 1 amide bonds. The lowest BCUT2D eigenvalue weighted by Gasteiger charge is -2.16. The van der Waals surface area contributed by atoms with E-state index in [-0.39, 0.29) is 12.1 Å². The summed E-state index contributed by atoms with van der Waals surface area (Å²) in [6, 6.07) is 1.50. The van der Waals surface area contributed by atoms with Crippen LogP contribution in [0.5, 0.6) is 0 Å². The van der Waals surface area contributed by atoms with Crippen LogP contribution in [0.15, 0.2) is 18.5 Å². The third-order valence-corrected chi connectivity index (χ3v) is 2.08. The Kier molecular flexibility index (Phi) is 5.21. The summed E-state index contributed by atoms with van der Waals surface area (Å²) in [6.45, 7) is -0.416. The second-order valence-electron chi connectivity index (χ2n) is 3.54. The maximum Gasteiger partial charge on any atom is 0.255 e. The number of hydrogen-bond acceptors (Lipinski definition) is 3. The van der Waals surface area contributed by atoms with Gasteiger partial charge in [0.15, 0.2) is 0 Å². The Balaban J connectivity index is 2.86. The van der Waals surface area contributed by atoms with Crippen molar-refractivity contribution >= 4 is 5.91 Å². The van der Waals surface area contributed by atoms with Gasteiger partial charge in [0.2, 0.25) is 0 Å². The van der Waals surface area contributed by atoms with E-state index in [0.29, 0.717) is 5.56 Å². The number of carbonyl (C=O) groups excluding carboxylic acids is 1. The van der Waals surface area contributed by atoms with Gasteiger partial charge in [0.05, 0.1) is 18.7 Å². The molecular weight excluding hydrogens is 240 g/mol. The van der Waals surface area contributed by atoms with Gasteiger partial charge >= 0.3 is 0 Å². The average Bonchev–Trinajstić information content (AvgIpc) is 2.35. The number of aromatic nitrogens is 1. The summed E-state index contributed by atoms with van der Waals surface area (Å²) in [4.78, 5) is 16.6. The number of hydrogen-bond donors (Lipinski definition) is 1. The third-order valence-electron chi connectivity index (χ3n) is 2.08. The van der Waals surface area contributed by atoms with Crippen molar-refractivity contribution in [3.05, 3.63) is 29.6 Å². The third kappa shape index (κ3) is 4.11. The Labute approximate surface area is 104 Å². The molecule has 0 bridgehead atoms. The van der Waals surface area contributed by atoms with Gasteiger partial charge in [-0.25, -0.2) is 8.78 Å². The molecule has 2 N–H and O–H groups in total. The van der Waals surface area contributed by atoms with Gasteiger partial charge in [-0.1, -0.05) is 11.8 Å². The van der Waals surface area contributed by atoms with Crippen LogP contribution in [-0.2, 0) is 0 Å². The van der Waals surface area contributed by atoms with Gasteiger partial charge < -0.3 is 10.6 Å². The van der Waals surface area contributed by atoms with Crippen molar-refractivity contribution in [3.8, 4) is 11.8 Å². The van der Waals surface area contributed by atoms with Gasteiger partial charge in [0.1, 0.15) is 0 Å². The Morgan fingerprint density at radius 2 is 2.28 bits per heavy atom. The Morgan fingerprint density at radius 3 is 2.89 bits per heavy atom. The summed E-state index contributed by atoms with van der Waals surface area (Å²) in [6.07, 6.45) is 0.233. The van der Waals surface area contributed by atoms with Gasteiger partial charge in [0.25, 0.3) is 12.3 Å². The van der Waals surface area contributed by atoms with E-state index in [0.717, 1.165) is 4.90 Å². The van der Waals surface area contributed by atoms with Crippen LogP contribution in [0, 0.1) is 11.8 Å². The predicted octanol–water partition coefficient (Wildman–Crippen LogP) is 0.729. The van der Waals surface area contributed by atoms with Gasteiger partial charge in [-0.15, -0.1) is 0 Å². The molecule has 1 rings (SSSR count). The van der Waals surface area contributed by atoms with Crippen molar-refractivity contribution in [2.24, 2.45) is 5.73 Å². The average molecular weight is 253 g/mol. The number of amides is 1. The summed E-state index contributed by atoms with van der Waals surface area (Å²) in [7, 11) is 1.31. The van der Waals surface area contributed by atoms with E-state index in [1.165, 1.54) is 25.5 Å². The molecule has 0 aromatic carbocycles. The smallest absolute Gasteiger partial charge is 0.255 e. The lowest BCUT2D eigenvalue weighted by atomic mass is 10.2. The summed E-state index contributed by atoms with van der Waals surface area (Å²) in [5, 5.41) is 0. The van der Waals surface area contributed by atoms with Crippen molar-refractivity contribution in [1.29, 1.82) is 0 Å². The Hall–Kier alpha value is -2.00. The molecule has 1 heterocycles. The Morgan fingerprint density at radius 1 is 1.56 bits per heavy atom. The van der Waals surface area contributed by atoms with E-state index < -0.39 is 18.9 Å². The zero-order valence-electron chi connectivity index (χ0n) is 9.86. The fraction of sp³-hybridized carbons (Fsp3) is 0.333. The van der Waals surface area contributed by atoms with Gasteiger partial charge in [-0.2, -0.15) is 0 Å². The first-order valence-corrected chi connectivity index (χ1v) is 5.22. The van der Waals surface area contributed by atoms with Crippen LogP contribution in [0.25, 0.3) is 0 Å². The van der Waals surface area contributed by atoms with E-state index in [9.17, 15) is 13.6 Å². The highest BCUT2D eigenvalue weighted by Gasteiger charge is 2.16. The largest absolute Gasteiger partial charge is 0.336 e. The second kappa shape index (κ2) is 6.67. The van der Waals surface area contributed by atoms with Crippen LogP contribution in [0.2, 0.25) is 0 Å². The Bertz CT molecular complexity index is 480. The molecular formula is C12H13F2N3O. The highest BCUT2D eigenvalue weighted by atomic mass is 19.3. The molecule has 0 aliphatic carbocycles. The van der Waals surface area contributed by atoms with Crippen molar-refractivity contribution in [1.82, 2.24) is 9.88 Å². The molecule has 18 heavy (non-hydrogen) atoms. The molecule has 6 heteroatoms. The van der Waals surface area contributed by atoms with E-state index in [2.05, 4.69) is 16.8 Å². The van der Waals surface area contributed by atoms with E-state index in [4.69, 9.17) is 5.73 Å². The van der Waals surface area contributed by atoms with Crippen LogP contribution >= 0.6 is 0 Å². The number of pyridine rings is 1. The predicted molar refractivity (Wildman–Crippen MR) is 63.1 cm³/mol. The van der Waals surface area contributed by atoms with Crippen LogP contribution in [0.1, 0.15) is 15.9 Å². The molecule has 1 aromatic rings. The van der Waals surface area contributed by atoms with Gasteiger partial charge in [-0.3, -0.25) is 9.78 Å². The number of rotatable bonds is 3. The number of nitrogens with zero attached hydrogens (tertiary/aromatic N) is 2. The van der Waals surface area contributed by atoms with Crippen LogP contribution in [0.4, 0.5) is 8.78 Å². The molecule has 0 radical (unpaired) electrons. The lowest BCUT2D eigenvalue weighted by molar-refractivity contribution is 0.0620. The zero-order valence-corrected chi connectivity index (χ0v) is 9.86. The standard InChI is InChI=1S/C12H13F2N3O/c1-17(8-11(13)14)12(18)10-5-9(3-2-4-15)6-16-7-10/h5-7,11H,4,8,15H2,1H3. The first kappa shape index (κ1) is 14.1. The minimum Gasteiger partial charge on any atom is -0.336 e. The van der Waals surface area contributed by atoms with Crippen LogP contribution < -0.4 is 5.73 Å². The van der Waals surface area contributed by atoms with Crippen LogP contribution in [-0.4, -0.2) is 42.4 Å². The van der Waals surface area contributed by atoms with Crippen molar-refractivity contribution < 1.29 is 13.6 Å². The van der Waals surface area contributed by atoms with Gasteiger partial charge in [-0.05, 0) is 6.07 Å². The molecule has 0 unspecified atom stereocenters. The summed E-state index contributed by atoms with van der Waals surface area (Å²) >= 11 is 0. The second-order valence-corrected chi connectivity index (χ2v) is 3.54. The highest BCUT2D eigenvalue weighted by molar-refractivity contribution is 5.94. The fourth-order valence-electron chi connectivity index (χ4n) is 1.29. The quantitative estimate of drug-likeness (QED) is 0.808. The zero-order chi connectivity index (χ0) is 13.5. The van der Waals surface area contributed by atoms with E-state index in [1.54, 1.807) is 0 Å². The normalized spacial score (nSPS) is 9.83. The lowest BCUT2D eigenvalue weighted by Crippen LogP contribution is -2.31. The molecule has 1 aromatic heterocycles. The molecule has 0 fully saturated rings. The fourth-order valence-corrected chi connectivity index (χ4v) is 1.29. The maximum atomic E-state index is 12.2. The molecule has 0 atom stereocenters. The summed E-state index contributed by atoms with van der Waals surface area (Å²) < 4.78 is 24.3. The van der Waals surface area contributed by atoms with Crippen molar-refractivity contribution in [2.75, 3.05) is 20.1 Å². The molecule has 96 valence electrons. The van der Waals surface area contributed by atoms with Crippen LogP contribution in [0.3, 0.4) is 0 Å². The minimum absolute atomic E-state index is 0.198. The SMILES string of the molecule is CN(CC(F)F)C(=O)c1cncc(C#CCN)c1. The minimum atomic E-state index is -2.56. The molecule has 0 aliphatic heterocycles. The topological polar surface area (TPSA) is 59.2 Å². The first-order valence-electron chi connectivity index (χ1n) is 5.22. The van der Waals surface area contributed by atoms with E-state index >= 15 is 0 Å². The molecule has 4 nitrogen and oxygen atoms in total. The molecule has 0 saturated heterocycles. The van der Waals surface area contributed by atoms with E-state index in [1.807, 2.05) is 0 Å². The molecule has 0 spiro atoms. The highest BCUT2D eigenvalue weighted by Crippen LogP contribution is 2.06. The number of nitrogens with two attached hydrogens (primary N) is 1. The summed E-state index contributed by atoms with van der Waals surface area (Å²) in [5.41, 5.74) is 5.97. The summed E-state index contributed by atoms with van der Waals surface area (Å²) in [5.74, 6) is 4.83. The van der Waals surface area contributed by atoms with Crippen molar-refractivity contribution in [3.63, 3.8) is 0 Å². The monoisotopic (exact) mass is 253 g/mol. The van der Waals surface area contributed by atoms with Gasteiger partial charge in [0, 0.05) is 25.0 Å². The molecule has 0 saturated carbocycles. The first-order chi connectivity index (χ1) is 8.54. The number of halogens is 2. The maximum absolute atomic E-state index is 12.2.